The second kappa shape index (κ2) is 5.51. The van der Waals surface area contributed by atoms with Gasteiger partial charge < -0.3 is 4.98 Å². The summed E-state index contributed by atoms with van der Waals surface area (Å²) in [5.41, 5.74) is 7.15. The molecule has 1 amide bonds. The summed E-state index contributed by atoms with van der Waals surface area (Å²) in [7, 11) is 0. The number of aromatic nitrogens is 3. The number of H-pyrrole nitrogens is 1. The fraction of sp³-hybridized carbons (Fsp3) is 0.125. The molecule has 0 bridgehead atoms. The van der Waals surface area contributed by atoms with Crippen molar-refractivity contribution in [1.29, 1.82) is 0 Å². The maximum absolute atomic E-state index is 11.3. The van der Waals surface area contributed by atoms with Gasteiger partial charge in [0.05, 0.1) is 22.0 Å². The van der Waals surface area contributed by atoms with Gasteiger partial charge in [0.1, 0.15) is 5.82 Å². The molecule has 23 heavy (non-hydrogen) atoms. The zero-order chi connectivity index (χ0) is 15.8. The van der Waals surface area contributed by atoms with Crippen molar-refractivity contribution < 1.29 is 4.79 Å². The number of hydrogen-bond donors (Lipinski definition) is 2. The van der Waals surface area contributed by atoms with Crippen LogP contribution in [0.1, 0.15) is 12.5 Å². The number of benzene rings is 1. The smallest absolute Gasteiger partial charge is 0.299 e. The molecule has 114 valence electrons. The average Bonchev–Trinajstić information content (AvgIpc) is 2.99. The van der Waals surface area contributed by atoms with Gasteiger partial charge in [0.2, 0.25) is 0 Å². The molecule has 3 heterocycles. The van der Waals surface area contributed by atoms with Crippen LogP contribution in [0.5, 0.6) is 0 Å². The predicted octanol–water partition coefficient (Wildman–Crippen LogP) is 3.17. The number of carbonyl (C=O) groups excluding carboxylic acids is 1. The lowest BCUT2D eigenvalue weighted by molar-refractivity contribution is 0.261. The monoisotopic (exact) mass is 323 g/mol. The molecule has 0 radical (unpaired) electrons. The van der Waals surface area contributed by atoms with Gasteiger partial charge in [0.25, 0.3) is 5.24 Å². The molecule has 1 aromatic carbocycles. The van der Waals surface area contributed by atoms with Gasteiger partial charge >= 0.3 is 0 Å². The maximum atomic E-state index is 11.3. The van der Waals surface area contributed by atoms with E-state index in [1.165, 1.54) is 11.8 Å². The predicted molar refractivity (Wildman–Crippen MR) is 91.4 cm³/mol. The molecule has 1 aliphatic heterocycles. The highest BCUT2D eigenvalue weighted by Crippen LogP contribution is 2.25. The van der Waals surface area contributed by atoms with Crippen molar-refractivity contribution >= 4 is 33.7 Å². The number of imidazole rings is 1. The summed E-state index contributed by atoms with van der Waals surface area (Å²) in [6.45, 7) is 1.97. The van der Waals surface area contributed by atoms with E-state index in [1.807, 2.05) is 37.3 Å². The standard InChI is InChI=1S/C16H13N5OS/c1-9-14(20-21-16(22)23-9)11-2-3-12-13(8-11)19-15(18-12)10-4-6-17-7-5-10/h2-9H,1H3,(H,18,19)(H,21,22). The van der Waals surface area contributed by atoms with Crippen molar-refractivity contribution in [1.82, 2.24) is 20.4 Å². The molecule has 1 unspecified atom stereocenters. The van der Waals surface area contributed by atoms with Crippen LogP contribution in [-0.2, 0) is 0 Å². The first-order valence-corrected chi connectivity index (χ1v) is 8.03. The minimum Gasteiger partial charge on any atom is -0.338 e. The Morgan fingerprint density at radius 3 is 2.74 bits per heavy atom. The molecule has 0 aliphatic carbocycles. The third-order valence-electron chi connectivity index (χ3n) is 3.67. The zero-order valence-corrected chi connectivity index (χ0v) is 13.1. The second-order valence-electron chi connectivity index (χ2n) is 5.21. The fourth-order valence-corrected chi connectivity index (χ4v) is 3.27. The Balaban J connectivity index is 1.75. The first-order valence-electron chi connectivity index (χ1n) is 7.15. The number of aromatic amines is 1. The summed E-state index contributed by atoms with van der Waals surface area (Å²) < 4.78 is 0. The molecule has 0 saturated carbocycles. The van der Waals surface area contributed by atoms with Gasteiger partial charge in [0, 0.05) is 23.5 Å². The summed E-state index contributed by atoms with van der Waals surface area (Å²) >= 11 is 1.24. The van der Waals surface area contributed by atoms with E-state index in [-0.39, 0.29) is 10.5 Å². The highest BCUT2D eigenvalue weighted by atomic mass is 32.2. The number of carbonyl (C=O) groups is 1. The number of pyridine rings is 1. The lowest BCUT2D eigenvalue weighted by Gasteiger charge is -2.18. The van der Waals surface area contributed by atoms with Crippen molar-refractivity contribution in [3.05, 3.63) is 48.3 Å². The molecule has 6 nitrogen and oxygen atoms in total. The van der Waals surface area contributed by atoms with Gasteiger partial charge in [-0.15, -0.1) is 0 Å². The van der Waals surface area contributed by atoms with Crippen LogP contribution in [0.15, 0.2) is 47.8 Å². The molecule has 7 heteroatoms. The quantitative estimate of drug-likeness (QED) is 0.759. The Labute approximate surface area is 136 Å². The molecule has 1 atom stereocenters. The normalized spacial score (nSPS) is 17.9. The van der Waals surface area contributed by atoms with Crippen LogP contribution in [0.2, 0.25) is 0 Å². The number of thioether (sulfide) groups is 1. The molecule has 0 spiro atoms. The highest BCUT2D eigenvalue weighted by Gasteiger charge is 2.22. The first kappa shape index (κ1) is 14.0. The van der Waals surface area contributed by atoms with E-state index in [0.29, 0.717) is 0 Å². The molecule has 2 N–H and O–H groups in total. The third-order valence-corrected chi connectivity index (χ3v) is 4.55. The van der Waals surface area contributed by atoms with E-state index >= 15 is 0 Å². The summed E-state index contributed by atoms with van der Waals surface area (Å²) in [6, 6.07) is 9.79. The third kappa shape index (κ3) is 2.59. The lowest BCUT2D eigenvalue weighted by Crippen LogP contribution is -2.29. The molecular formula is C16H13N5OS. The lowest BCUT2D eigenvalue weighted by atomic mass is 10.1. The van der Waals surface area contributed by atoms with Crippen molar-refractivity contribution in [3.63, 3.8) is 0 Å². The van der Waals surface area contributed by atoms with Gasteiger partial charge in [-0.1, -0.05) is 17.8 Å². The van der Waals surface area contributed by atoms with Gasteiger partial charge in [-0.3, -0.25) is 9.78 Å². The van der Waals surface area contributed by atoms with Crippen molar-refractivity contribution in [2.45, 2.75) is 12.2 Å². The summed E-state index contributed by atoms with van der Waals surface area (Å²) in [5.74, 6) is 0.806. The topological polar surface area (TPSA) is 83.0 Å². The summed E-state index contributed by atoms with van der Waals surface area (Å²) in [4.78, 5) is 23.3. The Morgan fingerprint density at radius 2 is 1.96 bits per heavy atom. The number of fused-ring (bicyclic) bond motifs is 1. The largest absolute Gasteiger partial charge is 0.338 e. The van der Waals surface area contributed by atoms with Crippen LogP contribution < -0.4 is 5.43 Å². The van der Waals surface area contributed by atoms with Crippen molar-refractivity contribution in [2.75, 3.05) is 0 Å². The Kier molecular flexibility index (Phi) is 3.34. The SMILES string of the molecule is CC1SC(=O)NN=C1c1ccc2[nH]c(-c3ccncc3)nc2c1. The molecule has 1 aliphatic rings. The fourth-order valence-electron chi connectivity index (χ4n) is 2.55. The summed E-state index contributed by atoms with van der Waals surface area (Å²) in [5, 5.41) is 4.07. The molecular weight excluding hydrogens is 310 g/mol. The Bertz CT molecular complexity index is 919. The van der Waals surface area contributed by atoms with Crippen LogP contribution in [-0.4, -0.2) is 31.2 Å². The Hall–Kier alpha value is -2.67. The number of rotatable bonds is 2. The number of amides is 1. The van der Waals surface area contributed by atoms with Gasteiger partial charge in [0.15, 0.2) is 0 Å². The number of nitrogens with one attached hydrogen (secondary N) is 2. The van der Waals surface area contributed by atoms with Gasteiger partial charge in [-0.2, -0.15) is 5.10 Å². The van der Waals surface area contributed by atoms with Crippen LogP contribution >= 0.6 is 11.8 Å². The van der Waals surface area contributed by atoms with Crippen LogP contribution in [0, 0.1) is 0 Å². The van der Waals surface area contributed by atoms with Crippen molar-refractivity contribution in [2.24, 2.45) is 5.10 Å². The summed E-state index contributed by atoms with van der Waals surface area (Å²) in [6.07, 6.45) is 3.48. The number of hydrazone groups is 1. The number of nitrogens with zero attached hydrogens (tertiary/aromatic N) is 3. The maximum Gasteiger partial charge on any atom is 0.299 e. The minimum absolute atomic E-state index is 0.0137. The van der Waals surface area contributed by atoms with Crippen molar-refractivity contribution in [3.8, 4) is 11.4 Å². The van der Waals surface area contributed by atoms with E-state index < -0.39 is 0 Å². The minimum atomic E-state index is -0.123. The molecule has 0 saturated heterocycles. The molecule has 3 aromatic rings. The zero-order valence-electron chi connectivity index (χ0n) is 12.3. The average molecular weight is 323 g/mol. The van der Waals surface area contributed by atoms with Gasteiger partial charge in [-0.05, 0) is 31.2 Å². The van der Waals surface area contributed by atoms with E-state index in [2.05, 4.69) is 25.5 Å². The number of hydrogen-bond acceptors (Lipinski definition) is 5. The van der Waals surface area contributed by atoms with E-state index in [9.17, 15) is 4.79 Å². The van der Waals surface area contributed by atoms with Crippen LogP contribution in [0.4, 0.5) is 4.79 Å². The highest BCUT2D eigenvalue weighted by molar-refractivity contribution is 8.14. The van der Waals surface area contributed by atoms with E-state index in [4.69, 9.17) is 0 Å². The Morgan fingerprint density at radius 1 is 1.13 bits per heavy atom. The molecule has 0 fully saturated rings. The molecule has 4 rings (SSSR count). The van der Waals surface area contributed by atoms with E-state index in [1.54, 1.807) is 12.4 Å². The first-order chi connectivity index (χ1) is 11.2. The van der Waals surface area contributed by atoms with E-state index in [0.717, 1.165) is 33.7 Å². The van der Waals surface area contributed by atoms with Crippen LogP contribution in [0.25, 0.3) is 22.4 Å². The van der Waals surface area contributed by atoms with Gasteiger partial charge in [-0.25, -0.2) is 10.4 Å². The molecule has 2 aromatic heterocycles. The van der Waals surface area contributed by atoms with Crippen LogP contribution in [0.3, 0.4) is 0 Å². The second-order valence-corrected chi connectivity index (χ2v) is 6.52.